The third kappa shape index (κ3) is 3.87. The number of benzene rings is 1. The molecule has 146 valence electrons. The minimum atomic E-state index is -0.360. The highest BCUT2D eigenvalue weighted by Gasteiger charge is 2.29. The Morgan fingerprint density at radius 1 is 1.39 bits per heavy atom. The van der Waals surface area contributed by atoms with Gasteiger partial charge in [-0.2, -0.15) is 0 Å². The van der Waals surface area contributed by atoms with Crippen LogP contribution in [0.4, 0.5) is 9.93 Å². The Hall–Kier alpha value is -2.87. The van der Waals surface area contributed by atoms with Crippen LogP contribution in [0.1, 0.15) is 19.8 Å². The molecule has 8 heteroatoms. The van der Waals surface area contributed by atoms with Crippen LogP contribution in [-0.4, -0.2) is 41.6 Å². The van der Waals surface area contributed by atoms with E-state index in [0.717, 1.165) is 23.8 Å². The zero-order valence-electron chi connectivity index (χ0n) is 15.5. The largest absolute Gasteiger partial charge is 0.454 e. The lowest BCUT2D eigenvalue weighted by Crippen LogP contribution is -2.44. The van der Waals surface area contributed by atoms with Gasteiger partial charge in [-0.05, 0) is 31.9 Å². The Morgan fingerprint density at radius 3 is 3.07 bits per heavy atom. The van der Waals surface area contributed by atoms with E-state index >= 15 is 0 Å². The van der Waals surface area contributed by atoms with Crippen molar-refractivity contribution in [3.63, 3.8) is 0 Å². The number of para-hydroxylation sites is 1. The second-order valence-electron chi connectivity index (χ2n) is 6.66. The normalized spacial score (nSPS) is 16.9. The van der Waals surface area contributed by atoms with Crippen molar-refractivity contribution >= 4 is 39.4 Å². The smallest absolute Gasteiger partial charge is 0.409 e. The van der Waals surface area contributed by atoms with Gasteiger partial charge in [-0.15, -0.1) is 11.3 Å². The lowest BCUT2D eigenvalue weighted by molar-refractivity contribution is -0.121. The highest BCUT2D eigenvalue weighted by Crippen LogP contribution is 2.30. The van der Waals surface area contributed by atoms with Gasteiger partial charge in [0.2, 0.25) is 5.91 Å². The number of hydrogen-bond acceptors (Lipinski definition) is 6. The first-order valence-electron chi connectivity index (χ1n) is 9.31. The van der Waals surface area contributed by atoms with Crippen molar-refractivity contribution in [3.05, 3.63) is 35.7 Å². The zero-order chi connectivity index (χ0) is 19.5. The monoisotopic (exact) mass is 399 g/mol. The second-order valence-corrected chi connectivity index (χ2v) is 7.52. The molecule has 28 heavy (non-hydrogen) atoms. The Bertz CT molecular complexity index is 963. The maximum absolute atomic E-state index is 12.6. The fourth-order valence-corrected chi connectivity index (χ4v) is 4.03. The minimum absolute atomic E-state index is 0.125. The topological polar surface area (TPSA) is 84.7 Å². The summed E-state index contributed by atoms with van der Waals surface area (Å²) in [6.07, 6.45) is 1.16. The third-order valence-corrected chi connectivity index (χ3v) is 5.49. The quantitative estimate of drug-likeness (QED) is 0.704. The molecule has 0 spiro atoms. The predicted molar refractivity (Wildman–Crippen MR) is 107 cm³/mol. The first-order chi connectivity index (χ1) is 13.6. The summed E-state index contributed by atoms with van der Waals surface area (Å²) in [5.74, 6) is 0.278. The Balaban J connectivity index is 1.42. The number of anilines is 1. The highest BCUT2D eigenvalue weighted by atomic mass is 32.1. The van der Waals surface area contributed by atoms with Gasteiger partial charge in [-0.1, -0.05) is 18.2 Å². The molecule has 1 aliphatic rings. The van der Waals surface area contributed by atoms with Crippen molar-refractivity contribution in [1.29, 1.82) is 0 Å². The molecule has 1 fully saturated rings. The average molecular weight is 399 g/mol. The summed E-state index contributed by atoms with van der Waals surface area (Å²) in [6, 6.07) is 9.71. The number of carbonyl (C=O) groups excluding carboxylic acids is 2. The van der Waals surface area contributed by atoms with Crippen LogP contribution in [-0.2, 0) is 9.53 Å². The van der Waals surface area contributed by atoms with Gasteiger partial charge in [0, 0.05) is 23.9 Å². The Labute approximate surface area is 166 Å². The van der Waals surface area contributed by atoms with Crippen LogP contribution in [0.2, 0.25) is 0 Å². The van der Waals surface area contributed by atoms with E-state index in [9.17, 15) is 9.59 Å². The summed E-state index contributed by atoms with van der Waals surface area (Å²) in [6.45, 7) is 3.09. The molecule has 4 rings (SSSR count). The van der Waals surface area contributed by atoms with Gasteiger partial charge in [-0.25, -0.2) is 9.78 Å². The van der Waals surface area contributed by atoms with Crippen LogP contribution in [0.5, 0.6) is 0 Å². The van der Waals surface area contributed by atoms with Crippen LogP contribution in [0, 0.1) is 5.92 Å². The molecule has 0 aliphatic carbocycles. The number of aromatic nitrogens is 1. The number of fused-ring (bicyclic) bond motifs is 1. The van der Waals surface area contributed by atoms with Crippen LogP contribution in [0.25, 0.3) is 22.4 Å². The van der Waals surface area contributed by atoms with E-state index in [4.69, 9.17) is 9.15 Å². The molecule has 1 atom stereocenters. The highest BCUT2D eigenvalue weighted by molar-refractivity contribution is 7.14. The van der Waals surface area contributed by atoms with Gasteiger partial charge in [0.05, 0.1) is 12.5 Å². The van der Waals surface area contributed by atoms with Gasteiger partial charge in [0.25, 0.3) is 0 Å². The molecule has 2 aromatic heterocycles. The fourth-order valence-electron chi connectivity index (χ4n) is 3.33. The molecule has 0 bridgehead atoms. The molecule has 3 heterocycles. The fraction of sp³-hybridized carbons (Fsp3) is 0.350. The lowest BCUT2D eigenvalue weighted by Gasteiger charge is -2.30. The maximum Gasteiger partial charge on any atom is 0.409 e. The van der Waals surface area contributed by atoms with Crippen molar-refractivity contribution in [1.82, 2.24) is 9.88 Å². The van der Waals surface area contributed by atoms with Gasteiger partial charge in [0.1, 0.15) is 11.3 Å². The molecular weight excluding hydrogens is 378 g/mol. The summed E-state index contributed by atoms with van der Waals surface area (Å²) >= 11 is 1.35. The molecule has 1 saturated heterocycles. The van der Waals surface area contributed by atoms with Crippen LogP contribution in [0.15, 0.2) is 40.1 Å². The number of amides is 2. The number of nitrogens with one attached hydrogen (secondary N) is 1. The number of piperidine rings is 1. The first-order valence-corrected chi connectivity index (χ1v) is 10.2. The van der Waals surface area contributed by atoms with Crippen LogP contribution in [0.3, 0.4) is 0 Å². The number of ether oxygens (including phenoxy) is 1. The Morgan fingerprint density at radius 2 is 2.25 bits per heavy atom. The van der Waals surface area contributed by atoms with E-state index in [1.165, 1.54) is 11.3 Å². The minimum Gasteiger partial charge on any atom is -0.454 e. The molecule has 3 aromatic rings. The first kappa shape index (κ1) is 18.5. The van der Waals surface area contributed by atoms with Crippen molar-refractivity contribution < 1.29 is 18.7 Å². The summed E-state index contributed by atoms with van der Waals surface area (Å²) in [5.41, 5.74) is 1.49. The SMILES string of the molecule is CCOC(=O)N1CCCC(C(=O)Nc2nc(-c3cc4ccccc4o3)cs2)C1. The molecule has 1 unspecified atom stereocenters. The van der Waals surface area contributed by atoms with E-state index in [1.807, 2.05) is 35.7 Å². The molecule has 2 amide bonds. The molecule has 1 aromatic carbocycles. The van der Waals surface area contributed by atoms with Crippen molar-refractivity contribution in [3.8, 4) is 11.5 Å². The number of hydrogen-bond donors (Lipinski definition) is 1. The zero-order valence-corrected chi connectivity index (χ0v) is 16.3. The number of likely N-dealkylation sites (tertiary alicyclic amines) is 1. The van der Waals surface area contributed by atoms with Crippen molar-refractivity contribution in [2.75, 3.05) is 25.0 Å². The summed E-state index contributed by atoms with van der Waals surface area (Å²) in [5, 5.41) is 6.27. The van der Waals surface area contributed by atoms with E-state index in [2.05, 4.69) is 10.3 Å². The number of furan rings is 1. The van der Waals surface area contributed by atoms with Crippen molar-refractivity contribution in [2.24, 2.45) is 5.92 Å². The van der Waals surface area contributed by atoms with E-state index in [-0.39, 0.29) is 17.9 Å². The summed E-state index contributed by atoms with van der Waals surface area (Å²) in [7, 11) is 0. The number of thiazole rings is 1. The second kappa shape index (κ2) is 8.02. The van der Waals surface area contributed by atoms with E-state index < -0.39 is 0 Å². The van der Waals surface area contributed by atoms with Crippen LogP contribution < -0.4 is 5.32 Å². The molecule has 0 radical (unpaired) electrons. The van der Waals surface area contributed by atoms with Gasteiger partial charge < -0.3 is 19.4 Å². The number of rotatable bonds is 4. The third-order valence-electron chi connectivity index (χ3n) is 4.73. The summed E-state index contributed by atoms with van der Waals surface area (Å²) in [4.78, 5) is 30.6. The lowest BCUT2D eigenvalue weighted by atomic mass is 9.97. The number of nitrogens with zero attached hydrogens (tertiary/aromatic N) is 2. The maximum atomic E-state index is 12.6. The molecule has 1 aliphatic heterocycles. The number of carbonyl (C=O) groups is 2. The van der Waals surface area contributed by atoms with Crippen LogP contribution >= 0.6 is 11.3 Å². The molecule has 1 N–H and O–H groups in total. The molecular formula is C20H21N3O4S. The predicted octanol–water partition coefficient (Wildman–Crippen LogP) is 4.36. The van der Waals surface area contributed by atoms with Crippen molar-refractivity contribution in [2.45, 2.75) is 19.8 Å². The Kier molecular flexibility index (Phi) is 5.29. The molecule has 7 nitrogen and oxygen atoms in total. The van der Waals surface area contributed by atoms with E-state index in [1.54, 1.807) is 11.8 Å². The van der Waals surface area contributed by atoms with Gasteiger partial charge in [0.15, 0.2) is 10.9 Å². The van der Waals surface area contributed by atoms with Gasteiger partial charge >= 0.3 is 6.09 Å². The standard InChI is InChI=1S/C20H21N3O4S/c1-2-26-20(25)23-9-5-7-14(11-23)18(24)22-19-21-15(12-28-19)17-10-13-6-3-4-8-16(13)27-17/h3-4,6,8,10,12,14H,2,5,7,9,11H2,1H3,(H,21,22,24). The summed E-state index contributed by atoms with van der Waals surface area (Å²) < 4.78 is 10.9. The molecule has 0 saturated carbocycles. The van der Waals surface area contributed by atoms with E-state index in [0.29, 0.717) is 36.3 Å². The average Bonchev–Trinajstić information content (AvgIpc) is 3.35. The van der Waals surface area contributed by atoms with Gasteiger partial charge in [-0.3, -0.25) is 4.79 Å².